The van der Waals surface area contributed by atoms with Gasteiger partial charge in [-0.3, -0.25) is 5.10 Å². The SMILES string of the molecule is CC[C@H](C)NC(=O)O[C@@H]1CC[C@H](c2cc(Nc3nccn4nc([C@H](C)O)cc34)n[nH]2)C1. The Morgan fingerprint density at radius 1 is 1.39 bits per heavy atom. The quantitative estimate of drug-likeness (QED) is 0.455. The number of ether oxygens (including phenoxy) is 1. The number of aromatic nitrogens is 5. The Bertz CT molecular complexity index is 1040. The molecule has 3 heterocycles. The summed E-state index contributed by atoms with van der Waals surface area (Å²) in [6, 6.07) is 3.87. The van der Waals surface area contributed by atoms with Gasteiger partial charge in [0, 0.05) is 36.1 Å². The molecule has 166 valence electrons. The number of carbonyl (C=O) groups is 1. The Hall–Kier alpha value is -3.14. The molecule has 0 unspecified atom stereocenters. The smallest absolute Gasteiger partial charge is 0.407 e. The van der Waals surface area contributed by atoms with Crippen LogP contribution in [0.25, 0.3) is 5.52 Å². The number of H-pyrrole nitrogens is 1. The number of nitrogens with zero attached hydrogens (tertiary/aromatic N) is 4. The van der Waals surface area contributed by atoms with Gasteiger partial charge in [0.25, 0.3) is 0 Å². The van der Waals surface area contributed by atoms with Gasteiger partial charge in [0.15, 0.2) is 11.6 Å². The number of hydrogen-bond donors (Lipinski definition) is 4. The van der Waals surface area contributed by atoms with Crippen LogP contribution in [0.4, 0.5) is 16.4 Å². The summed E-state index contributed by atoms with van der Waals surface area (Å²) in [5, 5.41) is 27.7. The number of anilines is 2. The maximum absolute atomic E-state index is 12.0. The van der Waals surface area contributed by atoms with E-state index in [2.05, 4.69) is 30.9 Å². The topological polar surface area (TPSA) is 129 Å². The van der Waals surface area contributed by atoms with E-state index in [1.807, 2.05) is 19.9 Å². The fourth-order valence-corrected chi connectivity index (χ4v) is 3.79. The molecule has 0 bridgehead atoms. The van der Waals surface area contributed by atoms with Gasteiger partial charge in [-0.05, 0) is 45.6 Å². The minimum atomic E-state index is -0.658. The summed E-state index contributed by atoms with van der Waals surface area (Å²) >= 11 is 0. The van der Waals surface area contributed by atoms with E-state index >= 15 is 0 Å². The molecule has 10 heteroatoms. The van der Waals surface area contributed by atoms with Crippen LogP contribution in [-0.2, 0) is 4.74 Å². The van der Waals surface area contributed by atoms with Crippen LogP contribution in [-0.4, -0.2) is 48.1 Å². The monoisotopic (exact) mass is 427 g/mol. The van der Waals surface area contributed by atoms with E-state index in [0.29, 0.717) is 17.3 Å². The molecule has 0 saturated heterocycles. The predicted octanol–water partition coefficient (Wildman–Crippen LogP) is 3.41. The van der Waals surface area contributed by atoms with E-state index < -0.39 is 6.10 Å². The highest BCUT2D eigenvalue weighted by Gasteiger charge is 2.30. The first-order valence-electron chi connectivity index (χ1n) is 10.7. The third-order valence-electron chi connectivity index (χ3n) is 5.76. The Balaban J connectivity index is 1.39. The Morgan fingerprint density at radius 3 is 3.00 bits per heavy atom. The molecule has 3 aromatic rings. The maximum atomic E-state index is 12.0. The molecule has 4 atom stereocenters. The van der Waals surface area contributed by atoms with Crippen LogP contribution in [0, 0.1) is 0 Å². The zero-order chi connectivity index (χ0) is 22.0. The number of aliphatic hydroxyl groups is 1. The number of carbonyl (C=O) groups excluding carboxylic acids is 1. The molecule has 1 saturated carbocycles. The highest BCUT2D eigenvalue weighted by Crippen LogP contribution is 2.36. The van der Waals surface area contributed by atoms with Crippen molar-refractivity contribution >= 4 is 23.2 Å². The number of aromatic amines is 1. The second-order valence-corrected chi connectivity index (χ2v) is 8.18. The van der Waals surface area contributed by atoms with Crippen LogP contribution in [0.15, 0.2) is 24.5 Å². The molecule has 10 nitrogen and oxygen atoms in total. The molecule has 0 spiro atoms. The molecule has 1 aliphatic rings. The number of amides is 1. The minimum Gasteiger partial charge on any atom is -0.446 e. The first-order chi connectivity index (χ1) is 14.9. The summed E-state index contributed by atoms with van der Waals surface area (Å²) in [7, 11) is 0. The van der Waals surface area contributed by atoms with Gasteiger partial charge in [0.05, 0.1) is 11.8 Å². The molecular formula is C21H29N7O3. The Morgan fingerprint density at radius 2 is 2.23 bits per heavy atom. The summed E-state index contributed by atoms with van der Waals surface area (Å²) in [5.74, 6) is 1.51. The van der Waals surface area contributed by atoms with E-state index in [9.17, 15) is 9.90 Å². The maximum Gasteiger partial charge on any atom is 0.407 e. The van der Waals surface area contributed by atoms with Crippen LogP contribution in [0.1, 0.15) is 69.9 Å². The van der Waals surface area contributed by atoms with Gasteiger partial charge in [0.2, 0.25) is 0 Å². The number of rotatable bonds is 7. The summed E-state index contributed by atoms with van der Waals surface area (Å²) < 4.78 is 7.24. The summed E-state index contributed by atoms with van der Waals surface area (Å²) in [6.07, 6.45) is 5.69. The van der Waals surface area contributed by atoms with Crippen LogP contribution in [0.2, 0.25) is 0 Å². The van der Waals surface area contributed by atoms with Gasteiger partial charge in [-0.2, -0.15) is 10.2 Å². The third kappa shape index (κ3) is 4.79. The summed E-state index contributed by atoms with van der Waals surface area (Å²) in [4.78, 5) is 16.4. The van der Waals surface area contributed by atoms with Crippen molar-refractivity contribution in [3.63, 3.8) is 0 Å². The van der Waals surface area contributed by atoms with E-state index in [1.165, 1.54) is 0 Å². The van der Waals surface area contributed by atoms with Gasteiger partial charge in [0.1, 0.15) is 11.6 Å². The molecule has 1 aliphatic carbocycles. The van der Waals surface area contributed by atoms with Crippen LogP contribution < -0.4 is 10.6 Å². The van der Waals surface area contributed by atoms with Gasteiger partial charge in [-0.1, -0.05) is 6.92 Å². The fourth-order valence-electron chi connectivity index (χ4n) is 3.79. The highest BCUT2D eigenvalue weighted by atomic mass is 16.6. The largest absolute Gasteiger partial charge is 0.446 e. The lowest BCUT2D eigenvalue weighted by molar-refractivity contribution is 0.0974. The number of aliphatic hydroxyl groups excluding tert-OH is 1. The second kappa shape index (κ2) is 8.93. The first kappa shape index (κ1) is 21.1. The third-order valence-corrected chi connectivity index (χ3v) is 5.76. The van der Waals surface area contributed by atoms with Crippen molar-refractivity contribution in [2.75, 3.05) is 5.32 Å². The van der Waals surface area contributed by atoms with Crippen LogP contribution >= 0.6 is 0 Å². The fraction of sp³-hybridized carbons (Fsp3) is 0.524. The van der Waals surface area contributed by atoms with Crippen molar-refractivity contribution in [1.82, 2.24) is 30.1 Å². The normalized spacial score (nSPS) is 20.5. The van der Waals surface area contributed by atoms with Gasteiger partial charge in [-0.15, -0.1) is 0 Å². The predicted molar refractivity (Wildman–Crippen MR) is 115 cm³/mol. The van der Waals surface area contributed by atoms with Crippen LogP contribution in [0.3, 0.4) is 0 Å². The molecule has 0 radical (unpaired) electrons. The number of fused-ring (bicyclic) bond motifs is 1. The van der Waals surface area contributed by atoms with Gasteiger partial charge < -0.3 is 20.5 Å². The molecule has 3 aromatic heterocycles. The number of alkyl carbamates (subject to hydrolysis) is 1. The van der Waals surface area contributed by atoms with Crippen molar-refractivity contribution in [2.45, 2.75) is 70.6 Å². The Kier molecular flexibility index (Phi) is 6.08. The molecule has 4 rings (SSSR count). The highest BCUT2D eigenvalue weighted by molar-refractivity contribution is 5.72. The van der Waals surface area contributed by atoms with Crippen molar-refractivity contribution < 1.29 is 14.6 Å². The lowest BCUT2D eigenvalue weighted by atomic mass is 10.0. The number of hydrogen-bond acceptors (Lipinski definition) is 7. The standard InChI is InChI=1S/C21H29N7O3/c1-4-12(2)23-21(30)31-15-6-5-14(9-15)17-11-19(26-25-17)24-20-18-10-16(13(3)29)27-28(18)8-7-22-20/h7-8,10-15,29H,4-6,9H2,1-3H3,(H,23,30)(H2,22,24,25,26)/t12-,13-,14-,15+/m0/s1. The average Bonchev–Trinajstić information content (AvgIpc) is 3.47. The van der Waals surface area contributed by atoms with Crippen molar-refractivity contribution in [1.29, 1.82) is 0 Å². The van der Waals surface area contributed by atoms with Crippen molar-refractivity contribution in [2.24, 2.45) is 0 Å². The zero-order valence-corrected chi connectivity index (χ0v) is 18.0. The molecule has 1 amide bonds. The lowest BCUT2D eigenvalue weighted by Gasteiger charge is -2.16. The van der Waals surface area contributed by atoms with E-state index in [0.717, 1.165) is 36.9 Å². The van der Waals surface area contributed by atoms with E-state index in [-0.39, 0.29) is 24.2 Å². The van der Waals surface area contributed by atoms with Gasteiger partial charge in [-0.25, -0.2) is 14.3 Å². The average molecular weight is 428 g/mol. The molecule has 0 aliphatic heterocycles. The molecular weight excluding hydrogens is 398 g/mol. The van der Waals surface area contributed by atoms with Crippen molar-refractivity contribution in [3.8, 4) is 0 Å². The molecule has 4 N–H and O–H groups in total. The molecule has 31 heavy (non-hydrogen) atoms. The number of nitrogens with one attached hydrogen (secondary N) is 3. The molecule has 1 fully saturated rings. The molecule has 0 aromatic carbocycles. The van der Waals surface area contributed by atoms with E-state index in [1.54, 1.807) is 29.9 Å². The Labute approximate surface area is 180 Å². The zero-order valence-electron chi connectivity index (χ0n) is 18.0. The van der Waals surface area contributed by atoms with Crippen molar-refractivity contribution in [3.05, 3.63) is 35.9 Å². The first-order valence-corrected chi connectivity index (χ1v) is 10.7. The summed E-state index contributed by atoms with van der Waals surface area (Å²) in [5.41, 5.74) is 2.33. The van der Waals surface area contributed by atoms with Gasteiger partial charge >= 0.3 is 6.09 Å². The summed E-state index contributed by atoms with van der Waals surface area (Å²) in [6.45, 7) is 5.66. The second-order valence-electron chi connectivity index (χ2n) is 8.18. The lowest BCUT2D eigenvalue weighted by Crippen LogP contribution is -2.34. The minimum absolute atomic E-state index is 0.0881. The van der Waals surface area contributed by atoms with E-state index in [4.69, 9.17) is 4.74 Å². The van der Waals surface area contributed by atoms with Crippen LogP contribution in [0.5, 0.6) is 0 Å².